The summed E-state index contributed by atoms with van der Waals surface area (Å²) in [5.41, 5.74) is 6.39. The summed E-state index contributed by atoms with van der Waals surface area (Å²) in [4.78, 5) is 17.9. The summed E-state index contributed by atoms with van der Waals surface area (Å²) in [6.45, 7) is 6.02. The first kappa shape index (κ1) is 23.3. The van der Waals surface area contributed by atoms with Crippen molar-refractivity contribution in [1.82, 2.24) is 10.3 Å². The minimum absolute atomic E-state index is 0.189. The number of aryl methyl sites for hydroxylation is 3. The average molecular weight is 496 g/mol. The molecule has 0 aliphatic carbocycles. The van der Waals surface area contributed by atoms with Gasteiger partial charge in [0.05, 0.1) is 5.75 Å². The highest BCUT2D eigenvalue weighted by molar-refractivity contribution is 8.00. The Morgan fingerprint density at radius 3 is 2.58 bits per heavy atom. The minimum Gasteiger partial charge on any atom is -0.436 e. The number of nitrogens with zero attached hydrogens (tertiary/aromatic N) is 1. The predicted octanol–water partition coefficient (Wildman–Crippen LogP) is 6.68. The highest BCUT2D eigenvalue weighted by Gasteiger charge is 2.13. The van der Waals surface area contributed by atoms with Crippen molar-refractivity contribution in [2.45, 2.75) is 25.7 Å². The maximum atomic E-state index is 12.3. The molecule has 8 heteroatoms. The van der Waals surface area contributed by atoms with Crippen LogP contribution < -0.4 is 10.6 Å². The summed E-state index contributed by atoms with van der Waals surface area (Å²) in [5, 5.41) is 6.74. The molecule has 1 amide bonds. The van der Waals surface area contributed by atoms with Crippen molar-refractivity contribution in [2.75, 3.05) is 11.1 Å². The Morgan fingerprint density at radius 1 is 1.06 bits per heavy atom. The molecular formula is C25H22ClN3O2S2. The normalized spacial score (nSPS) is 10.9. The topological polar surface area (TPSA) is 67.2 Å². The van der Waals surface area contributed by atoms with E-state index in [4.69, 9.17) is 28.2 Å². The van der Waals surface area contributed by atoms with Crippen LogP contribution in [0.2, 0.25) is 5.02 Å². The Labute approximate surface area is 206 Å². The monoisotopic (exact) mass is 495 g/mol. The predicted molar refractivity (Wildman–Crippen MR) is 140 cm³/mol. The van der Waals surface area contributed by atoms with Crippen LogP contribution in [0, 0.1) is 20.8 Å². The van der Waals surface area contributed by atoms with Gasteiger partial charge in [-0.25, -0.2) is 4.98 Å². The van der Waals surface area contributed by atoms with Crippen molar-refractivity contribution in [3.63, 3.8) is 0 Å². The fourth-order valence-electron chi connectivity index (χ4n) is 3.39. The van der Waals surface area contributed by atoms with E-state index >= 15 is 0 Å². The van der Waals surface area contributed by atoms with Crippen molar-refractivity contribution >= 4 is 63.4 Å². The molecule has 0 aliphatic heterocycles. The Balaban J connectivity index is 1.43. The number of halogens is 1. The van der Waals surface area contributed by atoms with Gasteiger partial charge in [-0.15, -0.1) is 11.8 Å². The molecule has 0 unspecified atom stereocenters. The van der Waals surface area contributed by atoms with Gasteiger partial charge in [-0.3, -0.25) is 4.79 Å². The summed E-state index contributed by atoms with van der Waals surface area (Å²) >= 11 is 12.7. The summed E-state index contributed by atoms with van der Waals surface area (Å²) in [6.07, 6.45) is 0. The molecule has 0 radical (unpaired) electrons. The van der Waals surface area contributed by atoms with Gasteiger partial charge in [-0.05, 0) is 92.1 Å². The number of thioether (sulfide) groups is 1. The van der Waals surface area contributed by atoms with E-state index in [2.05, 4.69) is 21.7 Å². The first-order valence-electron chi connectivity index (χ1n) is 10.3. The SMILES string of the molecule is Cc1cc(C)c2oc(-c3ccc(C)c(NC(=S)NC(=O)CSc4ccc(Cl)cc4)c3)nc2c1. The number of rotatable bonds is 5. The van der Waals surface area contributed by atoms with E-state index in [0.717, 1.165) is 43.9 Å². The lowest BCUT2D eigenvalue weighted by molar-refractivity contribution is -0.117. The number of hydrogen-bond acceptors (Lipinski definition) is 5. The van der Waals surface area contributed by atoms with Gasteiger partial charge >= 0.3 is 0 Å². The molecule has 2 N–H and O–H groups in total. The summed E-state index contributed by atoms with van der Waals surface area (Å²) in [6, 6.07) is 17.3. The van der Waals surface area contributed by atoms with Gasteiger partial charge in [-0.2, -0.15) is 0 Å². The number of anilines is 1. The molecule has 3 aromatic carbocycles. The fraction of sp³-hybridized carbons (Fsp3) is 0.160. The molecule has 33 heavy (non-hydrogen) atoms. The Morgan fingerprint density at radius 2 is 1.82 bits per heavy atom. The second-order valence-electron chi connectivity index (χ2n) is 7.72. The largest absolute Gasteiger partial charge is 0.436 e. The Kier molecular flexibility index (Phi) is 7.02. The molecule has 0 fully saturated rings. The van der Waals surface area contributed by atoms with Gasteiger partial charge in [0.15, 0.2) is 10.7 Å². The van der Waals surface area contributed by atoms with Crippen LogP contribution in [-0.4, -0.2) is 21.8 Å². The lowest BCUT2D eigenvalue weighted by atomic mass is 10.1. The first-order valence-corrected chi connectivity index (χ1v) is 12.0. The second-order valence-corrected chi connectivity index (χ2v) is 9.62. The van der Waals surface area contributed by atoms with Crippen LogP contribution >= 0.6 is 35.6 Å². The van der Waals surface area contributed by atoms with E-state index in [1.807, 2.05) is 57.2 Å². The molecule has 0 aliphatic rings. The fourth-order valence-corrected chi connectivity index (χ4v) is 4.43. The van der Waals surface area contributed by atoms with Gasteiger partial charge in [0, 0.05) is 21.2 Å². The molecule has 4 aromatic rings. The number of carbonyl (C=O) groups excluding carboxylic acids is 1. The maximum absolute atomic E-state index is 12.3. The number of carbonyl (C=O) groups is 1. The van der Waals surface area contributed by atoms with Crippen LogP contribution in [0.15, 0.2) is 63.9 Å². The molecular weight excluding hydrogens is 474 g/mol. The minimum atomic E-state index is -0.189. The van der Waals surface area contributed by atoms with Crippen LogP contribution in [0.25, 0.3) is 22.6 Å². The Hall–Kier alpha value is -2.87. The average Bonchev–Trinajstić information content (AvgIpc) is 3.19. The highest BCUT2D eigenvalue weighted by atomic mass is 35.5. The second kappa shape index (κ2) is 9.95. The number of aromatic nitrogens is 1. The van der Waals surface area contributed by atoms with Crippen LogP contribution in [0.4, 0.5) is 5.69 Å². The van der Waals surface area contributed by atoms with Gasteiger partial charge < -0.3 is 15.1 Å². The number of fused-ring (bicyclic) bond motifs is 1. The van der Waals surface area contributed by atoms with Crippen molar-refractivity contribution in [2.24, 2.45) is 0 Å². The Bertz CT molecular complexity index is 1350. The van der Waals surface area contributed by atoms with Crippen LogP contribution in [-0.2, 0) is 4.79 Å². The van der Waals surface area contributed by atoms with Gasteiger partial charge in [0.2, 0.25) is 11.8 Å². The van der Waals surface area contributed by atoms with E-state index < -0.39 is 0 Å². The van der Waals surface area contributed by atoms with E-state index in [0.29, 0.717) is 10.9 Å². The number of nitrogens with one attached hydrogen (secondary N) is 2. The van der Waals surface area contributed by atoms with E-state index in [9.17, 15) is 4.79 Å². The van der Waals surface area contributed by atoms with Crippen molar-refractivity contribution in [3.05, 3.63) is 76.3 Å². The lowest BCUT2D eigenvalue weighted by Gasteiger charge is -2.12. The van der Waals surface area contributed by atoms with Crippen LogP contribution in [0.5, 0.6) is 0 Å². The maximum Gasteiger partial charge on any atom is 0.236 e. The lowest BCUT2D eigenvalue weighted by Crippen LogP contribution is -2.35. The molecule has 0 saturated heterocycles. The molecule has 4 rings (SSSR count). The van der Waals surface area contributed by atoms with E-state index in [1.54, 1.807) is 12.1 Å². The number of benzene rings is 3. The van der Waals surface area contributed by atoms with Gasteiger partial charge in [-0.1, -0.05) is 23.7 Å². The van der Waals surface area contributed by atoms with Crippen molar-refractivity contribution in [1.29, 1.82) is 0 Å². The third-order valence-electron chi connectivity index (χ3n) is 4.99. The van der Waals surface area contributed by atoms with Crippen LogP contribution in [0.3, 0.4) is 0 Å². The molecule has 0 bridgehead atoms. The van der Waals surface area contributed by atoms with E-state index in [1.165, 1.54) is 11.8 Å². The smallest absolute Gasteiger partial charge is 0.236 e. The quantitative estimate of drug-likeness (QED) is 0.238. The molecule has 5 nitrogen and oxygen atoms in total. The van der Waals surface area contributed by atoms with Gasteiger partial charge in [0.25, 0.3) is 0 Å². The summed E-state index contributed by atoms with van der Waals surface area (Å²) < 4.78 is 6.03. The number of oxazole rings is 1. The number of hydrogen-bond donors (Lipinski definition) is 2. The highest BCUT2D eigenvalue weighted by Crippen LogP contribution is 2.30. The number of thiocarbonyl (C=S) groups is 1. The van der Waals surface area contributed by atoms with Crippen molar-refractivity contribution in [3.8, 4) is 11.5 Å². The van der Waals surface area contributed by atoms with Gasteiger partial charge in [0.1, 0.15) is 5.52 Å². The zero-order valence-corrected chi connectivity index (χ0v) is 20.8. The number of amides is 1. The standard InChI is InChI=1S/C25H22ClN3O2S2/c1-14-10-16(3)23-21(11-14)27-24(31-23)17-5-4-15(2)20(12-17)28-25(32)29-22(30)13-33-19-8-6-18(26)7-9-19/h4-12H,13H2,1-3H3,(H2,28,29,30,32). The van der Waals surface area contributed by atoms with Crippen molar-refractivity contribution < 1.29 is 9.21 Å². The molecule has 1 heterocycles. The zero-order chi connectivity index (χ0) is 23.5. The molecule has 0 spiro atoms. The third kappa shape index (κ3) is 5.74. The summed E-state index contributed by atoms with van der Waals surface area (Å²) in [5.74, 6) is 0.589. The summed E-state index contributed by atoms with van der Waals surface area (Å²) in [7, 11) is 0. The molecule has 168 valence electrons. The zero-order valence-electron chi connectivity index (χ0n) is 18.4. The first-order chi connectivity index (χ1) is 15.8. The molecule has 0 saturated carbocycles. The van der Waals surface area contributed by atoms with Crippen LogP contribution in [0.1, 0.15) is 16.7 Å². The molecule has 1 aromatic heterocycles. The molecule has 0 atom stereocenters. The van der Waals surface area contributed by atoms with E-state index in [-0.39, 0.29) is 16.8 Å². The third-order valence-corrected chi connectivity index (χ3v) is 6.46.